The van der Waals surface area contributed by atoms with Gasteiger partial charge in [-0.15, -0.1) is 0 Å². The van der Waals surface area contributed by atoms with E-state index in [1.165, 1.54) is 18.2 Å². The van der Waals surface area contributed by atoms with Gasteiger partial charge in [-0.3, -0.25) is 4.79 Å². The number of rotatable bonds is 7. The second-order valence-corrected chi connectivity index (χ2v) is 3.89. The fourth-order valence-electron chi connectivity index (χ4n) is 1.46. The molecule has 6 nitrogen and oxygen atoms in total. The number of anilines is 1. The number of hydrogen-bond donors (Lipinski definition) is 3. The van der Waals surface area contributed by atoms with Crippen LogP contribution in [0.3, 0.4) is 0 Å². The molecule has 0 heterocycles. The van der Waals surface area contributed by atoms with Crippen molar-refractivity contribution in [1.82, 2.24) is 0 Å². The van der Waals surface area contributed by atoms with Gasteiger partial charge in [0.15, 0.2) is 0 Å². The van der Waals surface area contributed by atoms with E-state index in [0.29, 0.717) is 19.6 Å². The number of carbonyl (C=O) groups excluding carboxylic acids is 1. The molecule has 0 bridgehead atoms. The second-order valence-electron chi connectivity index (χ2n) is 3.89. The molecule has 0 spiro atoms. The van der Waals surface area contributed by atoms with Gasteiger partial charge in [0.05, 0.1) is 11.3 Å². The minimum atomic E-state index is -1.12. The minimum absolute atomic E-state index is 0.00224. The molecule has 3 N–H and O–H groups in total. The zero-order valence-electron chi connectivity index (χ0n) is 10.7. The zero-order chi connectivity index (χ0) is 14.3. The zero-order valence-corrected chi connectivity index (χ0v) is 10.7. The molecule has 19 heavy (non-hydrogen) atoms. The molecule has 6 heteroatoms. The van der Waals surface area contributed by atoms with Gasteiger partial charge in [-0.05, 0) is 31.5 Å². The fourth-order valence-corrected chi connectivity index (χ4v) is 1.46. The smallest absolute Gasteiger partial charge is 0.335 e. The molecule has 0 fully saturated rings. The first-order chi connectivity index (χ1) is 9.04. The maximum absolute atomic E-state index is 11.6. The summed E-state index contributed by atoms with van der Waals surface area (Å²) in [5.41, 5.74) is 0.101. The van der Waals surface area contributed by atoms with E-state index in [-0.39, 0.29) is 29.3 Å². The van der Waals surface area contributed by atoms with Gasteiger partial charge in [0, 0.05) is 19.6 Å². The summed E-state index contributed by atoms with van der Waals surface area (Å²) >= 11 is 0. The largest absolute Gasteiger partial charge is 0.506 e. The lowest BCUT2D eigenvalue weighted by atomic mass is 10.2. The summed E-state index contributed by atoms with van der Waals surface area (Å²) in [4.78, 5) is 22.4. The van der Waals surface area contributed by atoms with Crippen LogP contribution >= 0.6 is 0 Å². The Morgan fingerprint density at radius 2 is 2.11 bits per heavy atom. The van der Waals surface area contributed by atoms with E-state index in [2.05, 4.69) is 5.32 Å². The number of ether oxygens (including phenoxy) is 1. The monoisotopic (exact) mass is 267 g/mol. The Labute approximate surface area is 111 Å². The number of carbonyl (C=O) groups is 2. The number of nitrogens with one attached hydrogen (secondary N) is 1. The number of phenols is 1. The third-order valence-electron chi connectivity index (χ3n) is 2.41. The fraction of sp³-hybridized carbons (Fsp3) is 0.385. The van der Waals surface area contributed by atoms with Crippen molar-refractivity contribution < 1.29 is 24.5 Å². The summed E-state index contributed by atoms with van der Waals surface area (Å²) in [6.07, 6.45) is 0.815. The molecule has 104 valence electrons. The first-order valence-corrected chi connectivity index (χ1v) is 5.98. The molecule has 0 aromatic heterocycles. The van der Waals surface area contributed by atoms with Gasteiger partial charge in [-0.2, -0.15) is 0 Å². The number of phenolic OH excluding ortho intramolecular Hbond substituents is 1. The molecule has 0 unspecified atom stereocenters. The Kier molecular flexibility index (Phi) is 5.81. The summed E-state index contributed by atoms with van der Waals surface area (Å²) < 4.78 is 5.10. The van der Waals surface area contributed by atoms with E-state index in [1.54, 1.807) is 0 Å². The maximum atomic E-state index is 11.6. The first kappa shape index (κ1) is 15.0. The molecule has 0 aliphatic heterocycles. The Hall–Kier alpha value is -2.08. The first-order valence-electron chi connectivity index (χ1n) is 5.98. The van der Waals surface area contributed by atoms with Crippen LogP contribution in [0.15, 0.2) is 18.2 Å². The highest BCUT2D eigenvalue weighted by molar-refractivity contribution is 5.95. The quantitative estimate of drug-likeness (QED) is 0.517. The Morgan fingerprint density at radius 1 is 1.37 bits per heavy atom. The summed E-state index contributed by atoms with van der Waals surface area (Å²) in [5, 5.41) is 20.8. The topological polar surface area (TPSA) is 95.9 Å². The molecule has 0 saturated carbocycles. The van der Waals surface area contributed by atoms with Gasteiger partial charge in [0.1, 0.15) is 5.75 Å². The highest BCUT2D eigenvalue weighted by Gasteiger charge is 2.10. The van der Waals surface area contributed by atoms with Crippen LogP contribution in [0, 0.1) is 0 Å². The van der Waals surface area contributed by atoms with E-state index in [0.717, 1.165) is 0 Å². The molecule has 1 rings (SSSR count). The molecule has 0 aliphatic rings. The molecule has 0 saturated heterocycles. The van der Waals surface area contributed by atoms with Crippen molar-refractivity contribution in [2.75, 3.05) is 18.5 Å². The summed E-state index contributed by atoms with van der Waals surface area (Å²) in [6.45, 7) is 2.96. The van der Waals surface area contributed by atoms with E-state index in [9.17, 15) is 14.7 Å². The van der Waals surface area contributed by atoms with Crippen molar-refractivity contribution in [2.24, 2.45) is 0 Å². The van der Waals surface area contributed by atoms with Crippen LogP contribution in [0.1, 0.15) is 30.1 Å². The molecular weight excluding hydrogens is 250 g/mol. The van der Waals surface area contributed by atoms with Crippen LogP contribution in [-0.4, -0.2) is 35.3 Å². The average Bonchev–Trinajstić information content (AvgIpc) is 2.37. The number of aromatic carboxylic acids is 1. The Bertz CT molecular complexity index is 458. The Balaban J connectivity index is 2.58. The molecule has 1 aromatic rings. The number of amides is 1. The van der Waals surface area contributed by atoms with Gasteiger partial charge in [0.2, 0.25) is 5.91 Å². The van der Waals surface area contributed by atoms with Crippen LogP contribution < -0.4 is 5.32 Å². The van der Waals surface area contributed by atoms with E-state index >= 15 is 0 Å². The lowest BCUT2D eigenvalue weighted by Gasteiger charge is -2.08. The lowest BCUT2D eigenvalue weighted by Crippen LogP contribution is -2.13. The third kappa shape index (κ3) is 4.97. The summed E-state index contributed by atoms with van der Waals surface area (Å²) in [5.74, 6) is -1.58. The van der Waals surface area contributed by atoms with Gasteiger partial charge < -0.3 is 20.3 Å². The van der Waals surface area contributed by atoms with Crippen LogP contribution in [0.4, 0.5) is 5.69 Å². The van der Waals surface area contributed by atoms with Crippen molar-refractivity contribution in [3.63, 3.8) is 0 Å². The molecule has 0 radical (unpaired) electrons. The highest BCUT2D eigenvalue weighted by Crippen LogP contribution is 2.24. The maximum Gasteiger partial charge on any atom is 0.335 e. The van der Waals surface area contributed by atoms with E-state index < -0.39 is 5.97 Å². The van der Waals surface area contributed by atoms with E-state index in [1.807, 2.05) is 6.92 Å². The minimum Gasteiger partial charge on any atom is -0.506 e. The lowest BCUT2D eigenvalue weighted by molar-refractivity contribution is -0.116. The van der Waals surface area contributed by atoms with Gasteiger partial charge in [0.25, 0.3) is 0 Å². The van der Waals surface area contributed by atoms with Crippen LogP contribution in [0.2, 0.25) is 0 Å². The number of carboxylic acids is 1. The van der Waals surface area contributed by atoms with Crippen LogP contribution in [0.5, 0.6) is 5.75 Å². The van der Waals surface area contributed by atoms with Crippen molar-refractivity contribution in [3.05, 3.63) is 23.8 Å². The predicted molar refractivity (Wildman–Crippen MR) is 69.4 cm³/mol. The van der Waals surface area contributed by atoms with Crippen molar-refractivity contribution in [1.29, 1.82) is 0 Å². The summed E-state index contributed by atoms with van der Waals surface area (Å²) in [6, 6.07) is 3.72. The van der Waals surface area contributed by atoms with Crippen LogP contribution in [-0.2, 0) is 9.53 Å². The molecule has 0 atom stereocenters. The number of hydrogen-bond acceptors (Lipinski definition) is 4. The molecule has 1 aromatic carbocycles. The predicted octanol–water partition coefficient (Wildman–Crippen LogP) is 1.85. The highest BCUT2D eigenvalue weighted by atomic mass is 16.5. The molecule has 0 aliphatic carbocycles. The number of aromatic hydroxyl groups is 1. The standard InChI is InChI=1S/C13H17NO5/c1-2-19-7-3-4-12(16)14-10-8-9(13(17)18)5-6-11(10)15/h5-6,8,15H,2-4,7H2,1H3,(H,14,16)(H,17,18). The average molecular weight is 267 g/mol. The Morgan fingerprint density at radius 3 is 2.74 bits per heavy atom. The second kappa shape index (κ2) is 7.38. The SMILES string of the molecule is CCOCCCC(=O)Nc1cc(C(=O)O)ccc1O. The normalized spacial score (nSPS) is 10.2. The number of carboxylic acid groups (broad SMARTS) is 1. The summed E-state index contributed by atoms with van der Waals surface area (Å²) in [7, 11) is 0. The van der Waals surface area contributed by atoms with Crippen molar-refractivity contribution in [3.8, 4) is 5.75 Å². The molecular formula is C13H17NO5. The van der Waals surface area contributed by atoms with Crippen molar-refractivity contribution in [2.45, 2.75) is 19.8 Å². The molecule has 1 amide bonds. The number of benzene rings is 1. The van der Waals surface area contributed by atoms with Crippen molar-refractivity contribution >= 4 is 17.6 Å². The van der Waals surface area contributed by atoms with E-state index in [4.69, 9.17) is 9.84 Å². The van der Waals surface area contributed by atoms with Gasteiger partial charge in [-0.1, -0.05) is 0 Å². The van der Waals surface area contributed by atoms with Gasteiger partial charge >= 0.3 is 5.97 Å². The van der Waals surface area contributed by atoms with Crippen LogP contribution in [0.25, 0.3) is 0 Å². The third-order valence-corrected chi connectivity index (χ3v) is 2.41. The van der Waals surface area contributed by atoms with Gasteiger partial charge in [-0.25, -0.2) is 4.79 Å².